The van der Waals surface area contributed by atoms with E-state index in [1.807, 2.05) is 30.3 Å². The molecule has 5 heteroatoms. The summed E-state index contributed by atoms with van der Waals surface area (Å²) in [6.07, 6.45) is 0. The highest BCUT2D eigenvalue weighted by Crippen LogP contribution is 2.63. The molecule has 0 atom stereocenters. The summed E-state index contributed by atoms with van der Waals surface area (Å²) in [6.45, 7) is 0. The zero-order chi connectivity index (χ0) is 45.2. The molecule has 0 saturated heterocycles. The minimum absolute atomic E-state index is 0.449. The number of benzene rings is 10. The maximum atomic E-state index is 7.07. The first-order valence-electron chi connectivity index (χ1n) is 23.5. The summed E-state index contributed by atoms with van der Waals surface area (Å²) in [5, 5.41) is 4.32. The minimum atomic E-state index is -0.449. The Morgan fingerprint density at radius 2 is 0.884 bits per heavy atom. The van der Waals surface area contributed by atoms with Crippen molar-refractivity contribution in [3.05, 3.63) is 253 Å². The Balaban J connectivity index is 0.989. The van der Waals surface area contributed by atoms with Crippen LogP contribution in [0.4, 0.5) is 0 Å². The average Bonchev–Trinajstić information content (AvgIpc) is 4.14. The van der Waals surface area contributed by atoms with Crippen LogP contribution in [0.25, 0.3) is 117 Å². The molecule has 10 aromatic carbocycles. The molecule has 3 heterocycles. The van der Waals surface area contributed by atoms with E-state index < -0.39 is 5.41 Å². The lowest BCUT2D eigenvalue weighted by Gasteiger charge is -2.30. The number of hydrogen-bond acceptors (Lipinski definition) is 4. The summed E-state index contributed by atoms with van der Waals surface area (Å²) in [5.41, 5.74) is 19.6. The fourth-order valence-electron chi connectivity index (χ4n) is 11.8. The van der Waals surface area contributed by atoms with Crippen LogP contribution in [0.15, 0.2) is 235 Å². The predicted molar refractivity (Wildman–Crippen MR) is 279 cm³/mol. The first kappa shape index (κ1) is 38.0. The van der Waals surface area contributed by atoms with Crippen molar-refractivity contribution in [2.24, 2.45) is 0 Å². The van der Waals surface area contributed by atoms with Crippen molar-refractivity contribution < 1.29 is 4.42 Å². The number of rotatable bonds is 5. The number of fused-ring (bicyclic) bond motifs is 16. The first-order chi connectivity index (χ1) is 34.2. The molecule has 320 valence electrons. The van der Waals surface area contributed by atoms with E-state index in [0.29, 0.717) is 17.5 Å². The number of furan rings is 1. The van der Waals surface area contributed by atoms with E-state index >= 15 is 0 Å². The Kier molecular flexibility index (Phi) is 7.93. The van der Waals surface area contributed by atoms with Crippen molar-refractivity contribution in [1.82, 2.24) is 19.5 Å². The molecule has 13 aromatic rings. The van der Waals surface area contributed by atoms with Crippen molar-refractivity contribution >= 4 is 43.7 Å². The van der Waals surface area contributed by atoms with Crippen LogP contribution >= 0.6 is 0 Å². The van der Waals surface area contributed by atoms with Gasteiger partial charge < -0.3 is 8.98 Å². The predicted octanol–water partition coefficient (Wildman–Crippen LogP) is 15.9. The lowest BCUT2D eigenvalue weighted by atomic mass is 9.70. The van der Waals surface area contributed by atoms with Gasteiger partial charge in [0.15, 0.2) is 23.1 Å². The summed E-state index contributed by atoms with van der Waals surface area (Å²) in [5.74, 6) is 1.78. The maximum Gasteiger partial charge on any atom is 0.164 e. The normalized spacial score (nSPS) is 13.0. The van der Waals surface area contributed by atoms with Gasteiger partial charge >= 0.3 is 0 Å². The third kappa shape index (κ3) is 5.32. The Morgan fingerprint density at radius 3 is 1.61 bits per heavy atom. The Labute approximate surface area is 397 Å². The van der Waals surface area contributed by atoms with E-state index in [2.05, 4.69) is 205 Å². The molecule has 3 aromatic heterocycles. The topological polar surface area (TPSA) is 56.7 Å². The van der Waals surface area contributed by atoms with Gasteiger partial charge in [-0.1, -0.05) is 188 Å². The van der Waals surface area contributed by atoms with E-state index in [4.69, 9.17) is 19.4 Å². The smallest absolute Gasteiger partial charge is 0.164 e. The maximum absolute atomic E-state index is 7.07. The molecule has 0 radical (unpaired) electrons. The number of aromatic nitrogens is 4. The standard InChI is InChI=1S/C64H38N4O/c1-3-18-39(19-4-1)41-22-17-23-42(36-41)62-65-61(40-20-5-2-6-21-40)66-63(67-62)48-34-35-56(60-59(48)47-28-11-16-33-58(47)69-60)68-55-32-15-10-27-46(55)50-37-54-49(38-57(50)68)45-26-9-14-31-53(45)64(54)51-29-12-7-24-43(51)44-25-8-13-30-52(44)64/h1-38H. The molecule has 2 aliphatic carbocycles. The third-order valence-corrected chi connectivity index (χ3v) is 14.7. The minimum Gasteiger partial charge on any atom is -0.454 e. The molecular weight excluding hydrogens is 841 g/mol. The molecular formula is C64H38N4O. The van der Waals surface area contributed by atoms with Gasteiger partial charge in [-0.2, -0.15) is 0 Å². The Morgan fingerprint density at radius 1 is 0.333 bits per heavy atom. The van der Waals surface area contributed by atoms with Crippen molar-refractivity contribution in [2.45, 2.75) is 5.41 Å². The van der Waals surface area contributed by atoms with Gasteiger partial charge in [-0.15, -0.1) is 0 Å². The van der Waals surface area contributed by atoms with Crippen molar-refractivity contribution in [3.63, 3.8) is 0 Å². The molecule has 0 N–H and O–H groups in total. The third-order valence-electron chi connectivity index (χ3n) is 14.7. The lowest BCUT2D eigenvalue weighted by Crippen LogP contribution is -2.25. The van der Waals surface area contributed by atoms with Crippen LogP contribution in [0.2, 0.25) is 0 Å². The lowest BCUT2D eigenvalue weighted by molar-refractivity contribution is 0.666. The van der Waals surface area contributed by atoms with E-state index in [9.17, 15) is 0 Å². The molecule has 0 amide bonds. The summed E-state index contributed by atoms with van der Waals surface area (Å²) in [7, 11) is 0. The molecule has 15 rings (SSSR count). The van der Waals surface area contributed by atoms with Crippen LogP contribution in [0.5, 0.6) is 0 Å². The van der Waals surface area contributed by atoms with Crippen LogP contribution in [0, 0.1) is 0 Å². The van der Waals surface area contributed by atoms with Crippen molar-refractivity contribution in [2.75, 3.05) is 0 Å². The van der Waals surface area contributed by atoms with Gasteiger partial charge in [-0.05, 0) is 98.1 Å². The highest BCUT2D eigenvalue weighted by atomic mass is 16.3. The van der Waals surface area contributed by atoms with Crippen molar-refractivity contribution in [3.8, 4) is 73.2 Å². The van der Waals surface area contributed by atoms with Gasteiger partial charge in [-0.25, -0.2) is 15.0 Å². The molecule has 0 saturated carbocycles. The van der Waals surface area contributed by atoms with E-state index in [1.54, 1.807) is 0 Å². The van der Waals surface area contributed by atoms with Crippen LogP contribution in [0.3, 0.4) is 0 Å². The molecule has 0 bridgehead atoms. The molecule has 69 heavy (non-hydrogen) atoms. The first-order valence-corrected chi connectivity index (χ1v) is 23.5. The summed E-state index contributed by atoms with van der Waals surface area (Å²) < 4.78 is 9.48. The molecule has 0 aliphatic heterocycles. The molecule has 0 unspecified atom stereocenters. The highest BCUT2D eigenvalue weighted by Gasteiger charge is 2.51. The molecule has 2 aliphatic rings. The average molecular weight is 879 g/mol. The SMILES string of the molecule is c1ccc(-c2cccc(-c3nc(-c4ccccc4)nc(-c4ccc(-n5c6ccccc6c6cc7c(cc65)-c5ccccc5C75c6ccccc6-c6ccccc65)c5oc6ccccc6c45)n3)c2)cc1. The molecule has 1 spiro atoms. The second-order valence-corrected chi connectivity index (χ2v) is 18.2. The molecule has 5 nitrogen and oxygen atoms in total. The second-order valence-electron chi connectivity index (χ2n) is 18.2. The zero-order valence-corrected chi connectivity index (χ0v) is 37.1. The summed E-state index contributed by atoms with van der Waals surface area (Å²) in [4.78, 5) is 15.7. The van der Waals surface area contributed by atoms with Gasteiger partial charge in [-0.3, -0.25) is 0 Å². The van der Waals surface area contributed by atoms with Crippen LogP contribution in [-0.2, 0) is 5.41 Å². The fourth-order valence-corrected chi connectivity index (χ4v) is 11.8. The van der Waals surface area contributed by atoms with Crippen molar-refractivity contribution in [1.29, 1.82) is 0 Å². The van der Waals surface area contributed by atoms with Crippen LogP contribution in [-0.4, -0.2) is 19.5 Å². The second kappa shape index (κ2) is 14.4. The van der Waals surface area contributed by atoms with Crippen LogP contribution in [0.1, 0.15) is 22.3 Å². The molecule has 0 fully saturated rings. The van der Waals surface area contributed by atoms with E-state index in [0.717, 1.165) is 66.5 Å². The fraction of sp³-hybridized carbons (Fsp3) is 0.0156. The zero-order valence-electron chi connectivity index (χ0n) is 37.1. The Bertz CT molecular complexity index is 4210. The highest BCUT2D eigenvalue weighted by molar-refractivity contribution is 6.17. The van der Waals surface area contributed by atoms with Crippen LogP contribution < -0.4 is 0 Å². The monoisotopic (exact) mass is 878 g/mol. The van der Waals surface area contributed by atoms with Gasteiger partial charge in [0, 0.05) is 38.2 Å². The van der Waals surface area contributed by atoms with E-state index in [-0.39, 0.29) is 0 Å². The number of para-hydroxylation sites is 2. The Hall–Kier alpha value is -9.19. The largest absolute Gasteiger partial charge is 0.454 e. The van der Waals surface area contributed by atoms with Gasteiger partial charge in [0.2, 0.25) is 0 Å². The van der Waals surface area contributed by atoms with Gasteiger partial charge in [0.05, 0.1) is 22.1 Å². The van der Waals surface area contributed by atoms with E-state index in [1.165, 1.54) is 55.3 Å². The summed E-state index contributed by atoms with van der Waals surface area (Å²) >= 11 is 0. The van der Waals surface area contributed by atoms with Gasteiger partial charge in [0.1, 0.15) is 5.58 Å². The van der Waals surface area contributed by atoms with Gasteiger partial charge in [0.25, 0.3) is 0 Å². The quantitative estimate of drug-likeness (QED) is 0.173. The summed E-state index contributed by atoms with van der Waals surface area (Å²) in [6, 6.07) is 82.5. The number of nitrogens with zero attached hydrogens (tertiary/aromatic N) is 4. The number of hydrogen-bond donors (Lipinski definition) is 0.